The Morgan fingerprint density at radius 1 is 1.25 bits per heavy atom. The van der Waals surface area contributed by atoms with E-state index in [4.69, 9.17) is 4.43 Å². The maximum atomic E-state index is 5.97. The van der Waals surface area contributed by atoms with Gasteiger partial charge in [-0.25, -0.2) is 0 Å². The summed E-state index contributed by atoms with van der Waals surface area (Å²) in [7, 11) is -1.42. The zero-order valence-electron chi connectivity index (χ0n) is 9.27. The van der Waals surface area contributed by atoms with Crippen molar-refractivity contribution in [2.24, 2.45) is 5.41 Å². The van der Waals surface area contributed by atoms with Crippen molar-refractivity contribution in [3.8, 4) is 0 Å². The van der Waals surface area contributed by atoms with E-state index in [1.165, 1.54) is 0 Å². The maximum Gasteiger partial charge on any atom is 0.184 e. The first-order valence-electron chi connectivity index (χ1n) is 4.47. The summed E-state index contributed by atoms with van der Waals surface area (Å²) < 4.78 is 5.97. The van der Waals surface area contributed by atoms with E-state index in [9.17, 15) is 0 Å². The fraction of sp³-hybridized carbons (Fsp3) is 0.800. The largest absolute Gasteiger partial charge is 0.411 e. The highest BCUT2D eigenvalue weighted by Gasteiger charge is 2.27. The van der Waals surface area contributed by atoms with E-state index in [1.54, 1.807) is 0 Å². The normalized spacial score (nSPS) is 15.8. The van der Waals surface area contributed by atoms with Crippen molar-refractivity contribution in [3.63, 3.8) is 0 Å². The molecule has 0 rings (SSSR count). The first-order valence-corrected chi connectivity index (χ1v) is 7.88. The van der Waals surface area contributed by atoms with Crippen LogP contribution in [0.25, 0.3) is 0 Å². The first kappa shape index (κ1) is 11.9. The van der Waals surface area contributed by atoms with Crippen LogP contribution in [0.3, 0.4) is 0 Å². The van der Waals surface area contributed by atoms with Gasteiger partial charge >= 0.3 is 0 Å². The summed E-state index contributed by atoms with van der Waals surface area (Å²) >= 11 is 0. The van der Waals surface area contributed by atoms with E-state index in [0.717, 1.165) is 0 Å². The minimum atomic E-state index is -1.42. The fourth-order valence-electron chi connectivity index (χ4n) is 0.959. The molecule has 0 radical (unpaired) electrons. The predicted octanol–water partition coefficient (Wildman–Crippen LogP) is 3.44. The lowest BCUT2D eigenvalue weighted by Gasteiger charge is -2.33. The van der Waals surface area contributed by atoms with Crippen molar-refractivity contribution < 1.29 is 4.43 Å². The molecule has 1 nitrogen and oxygen atoms in total. The van der Waals surface area contributed by atoms with Crippen LogP contribution in [0.1, 0.15) is 20.8 Å². The molecular formula is C10H22OSi. The summed E-state index contributed by atoms with van der Waals surface area (Å²) in [5.74, 6) is 0. The molecule has 72 valence electrons. The Hall–Kier alpha value is -0.0831. The van der Waals surface area contributed by atoms with E-state index in [2.05, 4.69) is 47.0 Å². The number of hydrogen-bond acceptors (Lipinski definition) is 1. The zero-order chi connectivity index (χ0) is 9.99. The summed E-state index contributed by atoms with van der Waals surface area (Å²) in [6.07, 6.45) is 2.10. The molecule has 0 aromatic carbocycles. The van der Waals surface area contributed by atoms with Gasteiger partial charge in [-0.05, 0) is 25.1 Å². The minimum Gasteiger partial charge on any atom is -0.411 e. The molecule has 0 bridgehead atoms. The van der Waals surface area contributed by atoms with E-state index >= 15 is 0 Å². The Morgan fingerprint density at radius 3 is 1.75 bits per heavy atom. The monoisotopic (exact) mass is 186 g/mol. The average Bonchev–Trinajstić information content (AvgIpc) is 1.78. The third-order valence-electron chi connectivity index (χ3n) is 1.55. The second-order valence-corrected chi connectivity index (χ2v) is 9.71. The van der Waals surface area contributed by atoms with Gasteiger partial charge in [0.1, 0.15) is 0 Å². The molecule has 0 N–H and O–H groups in total. The van der Waals surface area contributed by atoms with Crippen molar-refractivity contribution in [1.82, 2.24) is 0 Å². The van der Waals surface area contributed by atoms with Crippen molar-refractivity contribution in [1.29, 1.82) is 0 Å². The van der Waals surface area contributed by atoms with Gasteiger partial charge in [-0.3, -0.25) is 0 Å². The van der Waals surface area contributed by atoms with Crippen molar-refractivity contribution >= 4 is 8.32 Å². The molecule has 0 aliphatic heterocycles. The summed E-state index contributed by atoms with van der Waals surface area (Å²) in [4.78, 5) is 0. The Morgan fingerprint density at radius 2 is 1.67 bits per heavy atom. The lowest BCUT2D eigenvalue weighted by atomic mass is 9.89. The SMILES string of the molecule is C=CC(O[Si](C)(C)C)C(C)(C)C. The molecular weight excluding hydrogens is 164 g/mol. The second kappa shape index (κ2) is 3.75. The quantitative estimate of drug-likeness (QED) is 0.484. The van der Waals surface area contributed by atoms with Gasteiger partial charge in [0.05, 0.1) is 6.10 Å². The molecule has 0 saturated carbocycles. The highest BCUT2D eigenvalue weighted by molar-refractivity contribution is 6.69. The molecule has 0 aromatic heterocycles. The van der Waals surface area contributed by atoms with Gasteiger partial charge in [-0.15, -0.1) is 6.58 Å². The summed E-state index contributed by atoms with van der Waals surface area (Å²) in [5.41, 5.74) is 0.169. The Kier molecular flexibility index (Phi) is 3.73. The third kappa shape index (κ3) is 4.73. The van der Waals surface area contributed by atoms with E-state index < -0.39 is 8.32 Å². The average molecular weight is 186 g/mol. The molecule has 0 fully saturated rings. The number of rotatable bonds is 3. The van der Waals surface area contributed by atoms with Crippen LogP contribution in [0.15, 0.2) is 12.7 Å². The Labute approximate surface area is 78.0 Å². The first-order chi connectivity index (χ1) is 5.17. The Bertz CT molecular complexity index is 150. The fourth-order valence-corrected chi connectivity index (χ4v) is 2.17. The molecule has 12 heavy (non-hydrogen) atoms. The van der Waals surface area contributed by atoms with Crippen molar-refractivity contribution in [2.75, 3.05) is 0 Å². The van der Waals surface area contributed by atoms with E-state index in [0.29, 0.717) is 0 Å². The molecule has 1 unspecified atom stereocenters. The topological polar surface area (TPSA) is 9.23 Å². The van der Waals surface area contributed by atoms with Crippen LogP contribution in [0.4, 0.5) is 0 Å². The van der Waals surface area contributed by atoms with E-state index in [-0.39, 0.29) is 11.5 Å². The van der Waals surface area contributed by atoms with Crippen LogP contribution in [-0.2, 0) is 4.43 Å². The van der Waals surface area contributed by atoms with Crippen LogP contribution in [-0.4, -0.2) is 14.4 Å². The molecule has 0 amide bonds. The highest BCUT2D eigenvalue weighted by atomic mass is 28.4. The maximum absolute atomic E-state index is 5.97. The van der Waals surface area contributed by atoms with E-state index in [1.807, 2.05) is 6.08 Å². The standard InChI is InChI=1S/C10H22OSi/c1-8-9(10(2,3)4)11-12(5,6)7/h8-9H,1H2,2-7H3. The van der Waals surface area contributed by atoms with Gasteiger partial charge in [-0.1, -0.05) is 26.8 Å². The van der Waals surface area contributed by atoms with Gasteiger partial charge in [0.25, 0.3) is 0 Å². The van der Waals surface area contributed by atoms with Crippen LogP contribution in [0.2, 0.25) is 19.6 Å². The lowest BCUT2D eigenvalue weighted by molar-refractivity contribution is 0.122. The molecule has 0 heterocycles. The summed E-state index contributed by atoms with van der Waals surface area (Å²) in [5, 5.41) is 0. The molecule has 0 saturated heterocycles. The van der Waals surface area contributed by atoms with Crippen LogP contribution in [0, 0.1) is 5.41 Å². The number of hydrogen-bond donors (Lipinski definition) is 0. The molecule has 2 heteroatoms. The van der Waals surface area contributed by atoms with Crippen molar-refractivity contribution in [2.45, 2.75) is 46.5 Å². The molecule has 0 spiro atoms. The van der Waals surface area contributed by atoms with Gasteiger partial charge in [0.2, 0.25) is 0 Å². The van der Waals surface area contributed by atoms with Gasteiger partial charge in [0, 0.05) is 0 Å². The predicted molar refractivity (Wildman–Crippen MR) is 57.9 cm³/mol. The lowest BCUT2D eigenvalue weighted by Crippen LogP contribution is -2.37. The molecule has 0 aromatic rings. The van der Waals surface area contributed by atoms with Gasteiger partial charge in [0.15, 0.2) is 8.32 Å². The summed E-state index contributed by atoms with van der Waals surface area (Å²) in [6, 6.07) is 0. The minimum absolute atomic E-state index is 0.169. The third-order valence-corrected chi connectivity index (χ3v) is 2.51. The second-order valence-electron chi connectivity index (χ2n) is 5.25. The smallest absolute Gasteiger partial charge is 0.184 e. The molecule has 0 aliphatic rings. The Balaban J connectivity index is 4.30. The van der Waals surface area contributed by atoms with Crippen LogP contribution < -0.4 is 0 Å². The van der Waals surface area contributed by atoms with Gasteiger partial charge in [-0.2, -0.15) is 0 Å². The zero-order valence-corrected chi connectivity index (χ0v) is 10.3. The highest BCUT2D eigenvalue weighted by Crippen LogP contribution is 2.25. The summed E-state index contributed by atoms with van der Waals surface area (Å²) in [6.45, 7) is 17.0. The molecule has 1 atom stereocenters. The molecule has 0 aliphatic carbocycles. The van der Waals surface area contributed by atoms with Crippen molar-refractivity contribution in [3.05, 3.63) is 12.7 Å². The van der Waals surface area contributed by atoms with Gasteiger partial charge < -0.3 is 4.43 Å². The van der Waals surface area contributed by atoms with Crippen LogP contribution in [0.5, 0.6) is 0 Å². The van der Waals surface area contributed by atoms with Crippen LogP contribution >= 0.6 is 0 Å².